The predicted molar refractivity (Wildman–Crippen MR) is 85.5 cm³/mol. The van der Waals surface area contributed by atoms with Crippen molar-refractivity contribution in [3.63, 3.8) is 0 Å². The Morgan fingerprint density at radius 3 is 2.33 bits per heavy atom. The van der Waals surface area contributed by atoms with Crippen LogP contribution in [0.25, 0.3) is 0 Å². The van der Waals surface area contributed by atoms with Crippen molar-refractivity contribution >= 4 is 0 Å². The topological polar surface area (TPSA) is 50.7 Å². The average molecular weight is 295 g/mol. The van der Waals surface area contributed by atoms with Crippen LogP contribution in [0.5, 0.6) is 0 Å². The van der Waals surface area contributed by atoms with Gasteiger partial charge in [-0.2, -0.15) is 0 Å². The largest absolute Gasteiger partial charge is 0.389 e. The molecule has 0 spiro atoms. The number of rotatable bonds is 10. The fraction of sp³-hybridized carbons (Fsp3) is 0.647. The molecule has 4 heteroatoms. The second kappa shape index (κ2) is 9.90. The SMILES string of the molecule is COCC(C)OCC(O)CNCc1ccc(C(C)C)cc1. The maximum atomic E-state index is 9.83. The van der Waals surface area contributed by atoms with Crippen molar-refractivity contribution < 1.29 is 14.6 Å². The molecule has 21 heavy (non-hydrogen) atoms. The molecule has 2 unspecified atom stereocenters. The molecule has 120 valence electrons. The third kappa shape index (κ3) is 7.58. The molecule has 0 fully saturated rings. The van der Waals surface area contributed by atoms with Gasteiger partial charge in [0.2, 0.25) is 0 Å². The highest BCUT2D eigenvalue weighted by Crippen LogP contribution is 2.14. The minimum absolute atomic E-state index is 0.00762. The van der Waals surface area contributed by atoms with Gasteiger partial charge in [-0.3, -0.25) is 0 Å². The van der Waals surface area contributed by atoms with Crippen LogP contribution in [-0.2, 0) is 16.0 Å². The normalized spacial score (nSPS) is 14.4. The molecule has 0 saturated heterocycles. The quantitative estimate of drug-likeness (QED) is 0.695. The van der Waals surface area contributed by atoms with Gasteiger partial charge < -0.3 is 19.9 Å². The first-order valence-electron chi connectivity index (χ1n) is 7.61. The lowest BCUT2D eigenvalue weighted by molar-refractivity contribution is -0.0311. The van der Waals surface area contributed by atoms with E-state index in [1.165, 1.54) is 11.1 Å². The molecule has 0 heterocycles. The summed E-state index contributed by atoms with van der Waals surface area (Å²) in [7, 11) is 1.64. The van der Waals surface area contributed by atoms with E-state index in [0.717, 1.165) is 6.54 Å². The van der Waals surface area contributed by atoms with Crippen LogP contribution < -0.4 is 5.32 Å². The van der Waals surface area contributed by atoms with Crippen LogP contribution in [0.1, 0.15) is 37.8 Å². The molecule has 0 aliphatic rings. The van der Waals surface area contributed by atoms with E-state index in [-0.39, 0.29) is 6.10 Å². The molecular weight excluding hydrogens is 266 g/mol. The van der Waals surface area contributed by atoms with Gasteiger partial charge >= 0.3 is 0 Å². The van der Waals surface area contributed by atoms with E-state index in [0.29, 0.717) is 25.7 Å². The summed E-state index contributed by atoms with van der Waals surface area (Å²) in [5.41, 5.74) is 2.57. The van der Waals surface area contributed by atoms with Crippen LogP contribution in [0.3, 0.4) is 0 Å². The second-order valence-electron chi connectivity index (χ2n) is 5.78. The first-order valence-corrected chi connectivity index (χ1v) is 7.61. The lowest BCUT2D eigenvalue weighted by Crippen LogP contribution is -2.32. The standard InChI is InChI=1S/C17H29NO3/c1-13(2)16-7-5-15(6-8-16)9-18-10-17(19)12-21-14(3)11-20-4/h5-8,13-14,17-19H,9-12H2,1-4H3. The lowest BCUT2D eigenvalue weighted by atomic mass is 10.0. The van der Waals surface area contributed by atoms with Crippen LogP contribution in [0.15, 0.2) is 24.3 Å². The van der Waals surface area contributed by atoms with Gasteiger partial charge in [-0.25, -0.2) is 0 Å². The van der Waals surface area contributed by atoms with Gasteiger partial charge in [0.05, 0.1) is 25.4 Å². The highest BCUT2D eigenvalue weighted by Gasteiger charge is 2.07. The minimum atomic E-state index is -0.501. The number of aliphatic hydroxyl groups is 1. The Bertz CT molecular complexity index is 378. The van der Waals surface area contributed by atoms with Gasteiger partial charge in [0.15, 0.2) is 0 Å². The van der Waals surface area contributed by atoms with Gasteiger partial charge in [0.1, 0.15) is 0 Å². The maximum Gasteiger partial charge on any atom is 0.0897 e. The van der Waals surface area contributed by atoms with Gasteiger partial charge in [-0.05, 0) is 24.0 Å². The van der Waals surface area contributed by atoms with Crippen molar-refractivity contribution in [2.45, 2.75) is 45.4 Å². The summed E-state index contributed by atoms with van der Waals surface area (Å²) in [5.74, 6) is 0.556. The summed E-state index contributed by atoms with van der Waals surface area (Å²) in [6, 6.07) is 8.58. The van der Waals surface area contributed by atoms with E-state index in [4.69, 9.17) is 9.47 Å². The van der Waals surface area contributed by atoms with Crippen LogP contribution in [-0.4, -0.2) is 44.2 Å². The number of nitrogens with one attached hydrogen (secondary N) is 1. The number of ether oxygens (including phenoxy) is 2. The second-order valence-corrected chi connectivity index (χ2v) is 5.78. The van der Waals surface area contributed by atoms with Crippen molar-refractivity contribution in [2.75, 3.05) is 26.9 Å². The van der Waals surface area contributed by atoms with E-state index in [2.05, 4.69) is 43.4 Å². The molecule has 2 N–H and O–H groups in total. The summed E-state index contributed by atoms with van der Waals surface area (Å²) in [5, 5.41) is 13.1. The predicted octanol–water partition coefficient (Wildman–Crippen LogP) is 2.31. The highest BCUT2D eigenvalue weighted by atomic mass is 16.5. The van der Waals surface area contributed by atoms with Gasteiger partial charge in [0.25, 0.3) is 0 Å². The summed E-state index contributed by atoms with van der Waals surface area (Å²) in [4.78, 5) is 0. The number of methoxy groups -OCH3 is 1. The van der Waals surface area contributed by atoms with Gasteiger partial charge in [-0.15, -0.1) is 0 Å². The first kappa shape index (κ1) is 18.1. The fourth-order valence-corrected chi connectivity index (χ4v) is 2.02. The molecule has 0 aromatic heterocycles. The molecule has 4 nitrogen and oxygen atoms in total. The van der Waals surface area contributed by atoms with Crippen molar-refractivity contribution in [3.05, 3.63) is 35.4 Å². The average Bonchev–Trinajstić information content (AvgIpc) is 2.46. The molecule has 1 aromatic rings. The highest BCUT2D eigenvalue weighted by molar-refractivity contribution is 5.24. The Kier molecular flexibility index (Phi) is 8.54. The number of benzene rings is 1. The van der Waals surface area contributed by atoms with Crippen molar-refractivity contribution in [1.82, 2.24) is 5.32 Å². The Morgan fingerprint density at radius 1 is 1.10 bits per heavy atom. The smallest absolute Gasteiger partial charge is 0.0897 e. The molecule has 0 bridgehead atoms. The van der Waals surface area contributed by atoms with E-state index in [1.54, 1.807) is 7.11 Å². The van der Waals surface area contributed by atoms with Crippen molar-refractivity contribution in [2.24, 2.45) is 0 Å². The van der Waals surface area contributed by atoms with E-state index in [9.17, 15) is 5.11 Å². The van der Waals surface area contributed by atoms with Crippen LogP contribution >= 0.6 is 0 Å². The van der Waals surface area contributed by atoms with Crippen LogP contribution in [0.4, 0.5) is 0 Å². The first-order chi connectivity index (χ1) is 10.0. The molecule has 0 saturated carbocycles. The van der Waals surface area contributed by atoms with Crippen LogP contribution in [0.2, 0.25) is 0 Å². The molecule has 2 atom stereocenters. The van der Waals surface area contributed by atoms with E-state index < -0.39 is 6.10 Å². The van der Waals surface area contributed by atoms with Crippen LogP contribution in [0, 0.1) is 0 Å². The van der Waals surface area contributed by atoms with Crippen molar-refractivity contribution in [3.8, 4) is 0 Å². The minimum Gasteiger partial charge on any atom is -0.389 e. The number of hydrogen-bond donors (Lipinski definition) is 2. The molecule has 1 rings (SSSR count). The molecule has 0 radical (unpaired) electrons. The Balaban J connectivity index is 2.20. The zero-order valence-corrected chi connectivity index (χ0v) is 13.6. The number of hydrogen-bond acceptors (Lipinski definition) is 4. The molecular formula is C17H29NO3. The van der Waals surface area contributed by atoms with Gasteiger partial charge in [-0.1, -0.05) is 38.1 Å². The summed E-state index contributed by atoms with van der Waals surface area (Å²) < 4.78 is 10.5. The summed E-state index contributed by atoms with van der Waals surface area (Å²) >= 11 is 0. The van der Waals surface area contributed by atoms with E-state index >= 15 is 0 Å². The fourth-order valence-electron chi connectivity index (χ4n) is 2.02. The zero-order valence-electron chi connectivity index (χ0n) is 13.6. The lowest BCUT2D eigenvalue weighted by Gasteiger charge is -2.16. The Labute approximate surface area is 128 Å². The maximum absolute atomic E-state index is 9.83. The molecule has 1 aromatic carbocycles. The van der Waals surface area contributed by atoms with E-state index in [1.807, 2.05) is 6.92 Å². The third-order valence-electron chi connectivity index (χ3n) is 3.33. The molecule has 0 aliphatic carbocycles. The van der Waals surface area contributed by atoms with Crippen molar-refractivity contribution in [1.29, 1.82) is 0 Å². The third-order valence-corrected chi connectivity index (χ3v) is 3.33. The zero-order chi connectivity index (χ0) is 15.7. The monoisotopic (exact) mass is 295 g/mol. The summed E-state index contributed by atoms with van der Waals surface area (Å²) in [6.07, 6.45) is -0.493. The van der Waals surface area contributed by atoms with Gasteiger partial charge in [0, 0.05) is 20.2 Å². The summed E-state index contributed by atoms with van der Waals surface area (Å²) in [6.45, 7) is 8.45. The number of aliphatic hydroxyl groups excluding tert-OH is 1. The molecule has 0 amide bonds. The Morgan fingerprint density at radius 2 is 1.76 bits per heavy atom. The Hall–Kier alpha value is -0.940. The molecule has 0 aliphatic heterocycles.